The van der Waals surface area contributed by atoms with Gasteiger partial charge >= 0.3 is 0 Å². The molecule has 1 heterocycles. The zero-order valence-electron chi connectivity index (χ0n) is 6.37. The summed E-state index contributed by atoms with van der Waals surface area (Å²) < 4.78 is 0.726. The maximum Gasteiger partial charge on any atom is 0.0714 e. The molecule has 0 atom stereocenters. The summed E-state index contributed by atoms with van der Waals surface area (Å²) in [6.45, 7) is 0. The second-order valence-electron chi connectivity index (χ2n) is 2.62. The Balaban J connectivity index is 3.01. The van der Waals surface area contributed by atoms with Crippen LogP contribution in [0.1, 0.15) is 0 Å². The van der Waals surface area contributed by atoms with Crippen LogP contribution in [0.5, 0.6) is 0 Å². The molecule has 2 rings (SSSR count). The molecule has 0 unspecified atom stereocenters. The van der Waals surface area contributed by atoms with Crippen LogP contribution in [0, 0.1) is 4.51 Å². The van der Waals surface area contributed by atoms with Gasteiger partial charge in [-0.3, -0.25) is 0 Å². The van der Waals surface area contributed by atoms with Crippen LogP contribution in [-0.4, -0.2) is 4.98 Å². The van der Waals surface area contributed by atoms with E-state index in [0.717, 1.165) is 15.4 Å². The number of nitrogen functional groups attached to an aromatic ring is 1. The molecule has 3 heteroatoms. The molecule has 3 N–H and O–H groups in total. The summed E-state index contributed by atoms with van der Waals surface area (Å²) in [7, 11) is 0. The molecular weight excluding hydrogens is 168 g/mol. The number of hydrogen-bond acceptors (Lipinski definition) is 2. The molecule has 0 saturated carbocycles. The van der Waals surface area contributed by atoms with E-state index in [-0.39, 0.29) is 0 Å². The molecule has 0 fully saturated rings. The van der Waals surface area contributed by atoms with E-state index in [4.69, 9.17) is 18.0 Å². The zero-order valence-corrected chi connectivity index (χ0v) is 7.19. The van der Waals surface area contributed by atoms with Gasteiger partial charge in [0.2, 0.25) is 0 Å². The van der Waals surface area contributed by atoms with E-state index in [1.807, 2.05) is 24.3 Å². The van der Waals surface area contributed by atoms with Crippen LogP contribution in [0.15, 0.2) is 30.5 Å². The van der Waals surface area contributed by atoms with Crippen molar-refractivity contribution in [1.29, 1.82) is 0 Å². The van der Waals surface area contributed by atoms with Gasteiger partial charge in [-0.2, -0.15) is 0 Å². The molecule has 1 aromatic heterocycles. The van der Waals surface area contributed by atoms with Gasteiger partial charge in [0.1, 0.15) is 0 Å². The highest BCUT2D eigenvalue weighted by Crippen LogP contribution is 2.16. The summed E-state index contributed by atoms with van der Waals surface area (Å²) in [4.78, 5) is 3.07. The average Bonchev–Trinajstić information content (AvgIpc) is 2.12. The number of anilines is 1. The zero-order chi connectivity index (χ0) is 8.55. The van der Waals surface area contributed by atoms with Gasteiger partial charge in [0.25, 0.3) is 0 Å². The first-order valence-corrected chi connectivity index (χ1v) is 4.06. The lowest BCUT2D eigenvalue weighted by Crippen LogP contribution is -1.88. The third kappa shape index (κ3) is 0.987. The summed E-state index contributed by atoms with van der Waals surface area (Å²) in [6, 6.07) is 7.85. The fourth-order valence-corrected chi connectivity index (χ4v) is 1.42. The van der Waals surface area contributed by atoms with Gasteiger partial charge in [-0.05, 0) is 6.07 Å². The maximum absolute atomic E-state index is 5.65. The number of H-pyrrole nitrogens is 1. The van der Waals surface area contributed by atoms with E-state index in [1.165, 1.54) is 0 Å². The van der Waals surface area contributed by atoms with Crippen LogP contribution < -0.4 is 5.73 Å². The number of benzene rings is 1. The molecule has 0 aliphatic rings. The maximum atomic E-state index is 5.65. The monoisotopic (exact) mass is 176 g/mol. The van der Waals surface area contributed by atoms with Crippen LogP contribution in [-0.2, 0) is 0 Å². The van der Waals surface area contributed by atoms with Crippen molar-refractivity contribution in [2.45, 2.75) is 0 Å². The molecule has 2 nitrogen and oxygen atoms in total. The van der Waals surface area contributed by atoms with Crippen LogP contribution in [0.3, 0.4) is 0 Å². The number of aromatic amines is 1. The molecular formula is C9H8N2S. The number of fused-ring (bicyclic) bond motifs is 1. The van der Waals surface area contributed by atoms with Crippen molar-refractivity contribution in [3.8, 4) is 0 Å². The number of pyridine rings is 1. The van der Waals surface area contributed by atoms with Gasteiger partial charge < -0.3 is 10.7 Å². The molecule has 0 bridgehead atoms. The third-order valence-electron chi connectivity index (χ3n) is 1.82. The second kappa shape index (κ2) is 2.60. The van der Waals surface area contributed by atoms with E-state index >= 15 is 0 Å². The molecule has 0 amide bonds. The van der Waals surface area contributed by atoms with Gasteiger partial charge in [0, 0.05) is 17.1 Å². The molecule has 1 aromatic carbocycles. The molecule has 0 aliphatic carbocycles. The largest absolute Gasteiger partial charge is 0.396 e. The molecule has 60 valence electrons. The van der Waals surface area contributed by atoms with Crippen molar-refractivity contribution < 1.29 is 0 Å². The van der Waals surface area contributed by atoms with Crippen molar-refractivity contribution >= 4 is 28.8 Å². The first-order chi connectivity index (χ1) is 5.79. The second-order valence-corrected chi connectivity index (χ2v) is 3.03. The van der Waals surface area contributed by atoms with Crippen molar-refractivity contribution in [2.75, 3.05) is 5.73 Å². The quantitative estimate of drug-likeness (QED) is 0.605. The minimum Gasteiger partial charge on any atom is -0.396 e. The first-order valence-electron chi connectivity index (χ1n) is 3.65. The summed E-state index contributed by atoms with van der Waals surface area (Å²) in [5, 5.41) is 1.01. The number of nitrogens with two attached hydrogens (primary N) is 1. The SMILES string of the molecule is Nc1c[nH]c2ccccc2c1=S. The van der Waals surface area contributed by atoms with Gasteiger partial charge in [0.05, 0.1) is 10.2 Å². The normalized spacial score (nSPS) is 10.3. The Kier molecular flexibility index (Phi) is 1.59. The van der Waals surface area contributed by atoms with Gasteiger partial charge in [-0.25, -0.2) is 0 Å². The summed E-state index contributed by atoms with van der Waals surface area (Å²) in [6.07, 6.45) is 1.73. The van der Waals surface area contributed by atoms with Crippen molar-refractivity contribution in [2.24, 2.45) is 0 Å². The van der Waals surface area contributed by atoms with E-state index in [9.17, 15) is 0 Å². The van der Waals surface area contributed by atoms with Crippen molar-refractivity contribution in [3.05, 3.63) is 35.0 Å². The highest BCUT2D eigenvalue weighted by Gasteiger charge is 1.95. The Morgan fingerprint density at radius 1 is 1.25 bits per heavy atom. The minimum atomic E-state index is 0.628. The fourth-order valence-electron chi connectivity index (χ4n) is 1.18. The fraction of sp³-hybridized carbons (Fsp3) is 0. The number of aromatic nitrogens is 1. The molecule has 0 saturated heterocycles. The summed E-state index contributed by atoms with van der Waals surface area (Å²) in [5.74, 6) is 0. The van der Waals surface area contributed by atoms with Gasteiger partial charge in [-0.15, -0.1) is 0 Å². The minimum absolute atomic E-state index is 0.628. The topological polar surface area (TPSA) is 41.8 Å². The predicted molar refractivity (Wildman–Crippen MR) is 53.5 cm³/mol. The first kappa shape index (κ1) is 7.31. The number of hydrogen-bond donors (Lipinski definition) is 2. The molecule has 0 aliphatic heterocycles. The Morgan fingerprint density at radius 2 is 2.00 bits per heavy atom. The lowest BCUT2D eigenvalue weighted by Gasteiger charge is -1.99. The molecule has 0 radical (unpaired) electrons. The van der Waals surface area contributed by atoms with Crippen LogP contribution >= 0.6 is 12.2 Å². The van der Waals surface area contributed by atoms with Crippen LogP contribution in [0.2, 0.25) is 0 Å². The Labute approximate surface area is 75.0 Å². The Bertz CT molecular complexity index is 473. The lowest BCUT2D eigenvalue weighted by molar-refractivity contribution is 1.41. The number of rotatable bonds is 0. The van der Waals surface area contributed by atoms with E-state index < -0.39 is 0 Å². The molecule has 0 spiro atoms. The van der Waals surface area contributed by atoms with Crippen LogP contribution in [0.4, 0.5) is 5.69 Å². The Morgan fingerprint density at radius 3 is 2.83 bits per heavy atom. The highest BCUT2D eigenvalue weighted by atomic mass is 32.1. The lowest BCUT2D eigenvalue weighted by atomic mass is 10.2. The van der Waals surface area contributed by atoms with Gasteiger partial charge in [0.15, 0.2) is 0 Å². The van der Waals surface area contributed by atoms with Crippen LogP contribution in [0.25, 0.3) is 10.9 Å². The third-order valence-corrected chi connectivity index (χ3v) is 2.27. The average molecular weight is 176 g/mol. The summed E-state index contributed by atoms with van der Waals surface area (Å²) >= 11 is 5.15. The number of para-hydroxylation sites is 1. The van der Waals surface area contributed by atoms with Crippen molar-refractivity contribution in [1.82, 2.24) is 4.98 Å². The van der Waals surface area contributed by atoms with Crippen molar-refractivity contribution in [3.63, 3.8) is 0 Å². The smallest absolute Gasteiger partial charge is 0.0714 e. The highest BCUT2D eigenvalue weighted by molar-refractivity contribution is 7.71. The van der Waals surface area contributed by atoms with E-state index in [0.29, 0.717) is 5.69 Å². The van der Waals surface area contributed by atoms with Gasteiger partial charge in [-0.1, -0.05) is 30.4 Å². The summed E-state index contributed by atoms with van der Waals surface area (Å²) in [5.41, 5.74) is 7.30. The Hall–Kier alpha value is -1.35. The molecule has 12 heavy (non-hydrogen) atoms. The predicted octanol–water partition coefficient (Wildman–Crippen LogP) is 2.48. The standard InChI is InChI=1S/C9H8N2S/c10-7-5-11-8-4-2-1-3-6(8)9(7)12/h1-5H,10H2,(H,11,12). The molecule has 2 aromatic rings. The number of nitrogens with one attached hydrogen (secondary N) is 1. The van der Waals surface area contributed by atoms with E-state index in [2.05, 4.69) is 4.98 Å². The van der Waals surface area contributed by atoms with E-state index in [1.54, 1.807) is 6.20 Å².